The van der Waals surface area contributed by atoms with Gasteiger partial charge in [0.05, 0.1) is 11.3 Å². The minimum absolute atomic E-state index is 0.424. The molecule has 0 atom stereocenters. The zero-order valence-corrected chi connectivity index (χ0v) is 17.9. The van der Waals surface area contributed by atoms with E-state index in [1.165, 1.54) is 5.56 Å². The number of halogens is 1. The third-order valence-electron chi connectivity index (χ3n) is 4.95. The molecule has 0 amide bonds. The smallest absolute Gasteiger partial charge is 0.165 e. The first-order chi connectivity index (χ1) is 14.5. The van der Waals surface area contributed by atoms with Gasteiger partial charge in [0.25, 0.3) is 0 Å². The van der Waals surface area contributed by atoms with Crippen LogP contribution in [0.3, 0.4) is 0 Å². The number of aromatic nitrogens is 4. The summed E-state index contributed by atoms with van der Waals surface area (Å²) in [6.07, 6.45) is 5.50. The molecule has 0 aliphatic carbocycles. The van der Waals surface area contributed by atoms with Gasteiger partial charge in [-0.15, -0.1) is 0 Å². The summed E-state index contributed by atoms with van der Waals surface area (Å²) < 4.78 is 2.02. The van der Waals surface area contributed by atoms with Crippen molar-refractivity contribution in [2.24, 2.45) is 0 Å². The fraction of sp³-hybridized carbons (Fsp3) is 0.125. The number of nitrogens with two attached hydrogens (primary N) is 1. The molecule has 4 rings (SSSR count). The average Bonchev–Trinajstić information content (AvgIpc) is 3.13. The Morgan fingerprint density at radius 1 is 1.00 bits per heavy atom. The number of nitrogens with zero attached hydrogens (tertiary/aromatic N) is 4. The van der Waals surface area contributed by atoms with Crippen molar-refractivity contribution < 1.29 is 0 Å². The number of benzene rings is 1. The highest BCUT2D eigenvalue weighted by Gasteiger charge is 2.19. The Bertz CT molecular complexity index is 1280. The minimum Gasteiger partial charge on any atom is -0.383 e. The van der Waals surface area contributed by atoms with E-state index in [1.807, 2.05) is 54.8 Å². The van der Waals surface area contributed by atoms with Gasteiger partial charge in [-0.3, -0.25) is 4.57 Å². The second-order valence-electron chi connectivity index (χ2n) is 6.92. The largest absolute Gasteiger partial charge is 0.383 e. The van der Waals surface area contributed by atoms with Crippen molar-refractivity contribution in [2.45, 2.75) is 20.8 Å². The predicted octanol–water partition coefficient (Wildman–Crippen LogP) is 5.92. The van der Waals surface area contributed by atoms with Crippen LogP contribution in [-0.2, 0) is 0 Å². The van der Waals surface area contributed by atoms with Gasteiger partial charge in [-0.1, -0.05) is 41.4 Å². The lowest BCUT2D eigenvalue weighted by Crippen LogP contribution is -2.02. The van der Waals surface area contributed by atoms with Crippen LogP contribution in [0, 0.1) is 6.92 Å². The first-order valence-electron chi connectivity index (χ1n) is 9.69. The summed E-state index contributed by atoms with van der Waals surface area (Å²) in [5, 5.41) is 0.655. The number of nitrogen functional groups attached to an aromatic ring is 1. The fourth-order valence-corrected chi connectivity index (χ4v) is 3.60. The number of fused-ring (bicyclic) bond motifs is 1. The Morgan fingerprint density at radius 2 is 1.77 bits per heavy atom. The average molecular weight is 416 g/mol. The SMILES string of the molecule is C/C=C(\C(Cl)=C/C)c1ccc2nc(-c3cccnc3N)n(-c3ccc(C)cc3)c2n1. The zero-order valence-electron chi connectivity index (χ0n) is 17.1. The van der Waals surface area contributed by atoms with E-state index in [0.29, 0.717) is 16.7 Å². The molecule has 0 unspecified atom stereocenters. The summed E-state index contributed by atoms with van der Waals surface area (Å²) in [4.78, 5) is 14.0. The first kappa shape index (κ1) is 19.9. The molecular weight excluding hydrogens is 394 g/mol. The monoisotopic (exact) mass is 415 g/mol. The molecule has 3 aromatic heterocycles. The van der Waals surface area contributed by atoms with Crippen molar-refractivity contribution in [3.05, 3.63) is 83.2 Å². The lowest BCUT2D eigenvalue weighted by Gasteiger charge is -2.11. The van der Waals surface area contributed by atoms with Crippen molar-refractivity contribution in [1.82, 2.24) is 19.5 Å². The van der Waals surface area contributed by atoms with E-state index >= 15 is 0 Å². The van der Waals surface area contributed by atoms with E-state index < -0.39 is 0 Å². The maximum Gasteiger partial charge on any atom is 0.165 e. The lowest BCUT2D eigenvalue weighted by molar-refractivity contribution is 1.07. The molecule has 0 saturated carbocycles. The molecule has 0 bridgehead atoms. The van der Waals surface area contributed by atoms with Crippen LogP contribution in [0.5, 0.6) is 0 Å². The summed E-state index contributed by atoms with van der Waals surface area (Å²) in [6.45, 7) is 5.92. The van der Waals surface area contributed by atoms with E-state index in [0.717, 1.165) is 33.7 Å². The Hall–Kier alpha value is -3.44. The van der Waals surface area contributed by atoms with Crippen LogP contribution in [0.25, 0.3) is 33.8 Å². The van der Waals surface area contributed by atoms with Gasteiger partial charge in [-0.2, -0.15) is 0 Å². The van der Waals surface area contributed by atoms with E-state index in [4.69, 9.17) is 27.3 Å². The number of allylic oxidation sites excluding steroid dienone is 4. The second-order valence-corrected chi connectivity index (χ2v) is 7.33. The van der Waals surface area contributed by atoms with Crippen molar-refractivity contribution in [1.29, 1.82) is 0 Å². The highest BCUT2D eigenvalue weighted by Crippen LogP contribution is 2.32. The minimum atomic E-state index is 0.424. The van der Waals surface area contributed by atoms with Gasteiger partial charge >= 0.3 is 0 Å². The standard InChI is InChI=1S/C24H22ClN5/c1-4-17(19(25)5-2)20-12-13-21-24(28-20)30(16-10-8-15(3)9-11-16)23(29-21)18-7-6-14-27-22(18)26/h4-14H,1-3H3,(H2,26,27)/b17-4+,19-5+. The molecule has 0 saturated heterocycles. The molecule has 150 valence electrons. The number of anilines is 1. The topological polar surface area (TPSA) is 69.6 Å². The molecule has 4 aromatic rings. The van der Waals surface area contributed by atoms with Gasteiger partial charge in [0, 0.05) is 22.5 Å². The molecule has 1 aromatic carbocycles. The molecule has 30 heavy (non-hydrogen) atoms. The molecular formula is C24H22ClN5. The van der Waals surface area contributed by atoms with Gasteiger partial charge in [0.15, 0.2) is 11.5 Å². The van der Waals surface area contributed by atoms with Gasteiger partial charge in [0.2, 0.25) is 0 Å². The lowest BCUT2D eigenvalue weighted by atomic mass is 10.1. The van der Waals surface area contributed by atoms with Gasteiger partial charge in [0.1, 0.15) is 11.3 Å². The van der Waals surface area contributed by atoms with E-state index in [-0.39, 0.29) is 0 Å². The molecule has 0 radical (unpaired) electrons. The Kier molecular flexibility index (Phi) is 5.38. The van der Waals surface area contributed by atoms with Crippen LogP contribution in [0.1, 0.15) is 25.1 Å². The number of pyridine rings is 2. The predicted molar refractivity (Wildman–Crippen MR) is 125 cm³/mol. The second kappa shape index (κ2) is 8.13. The van der Waals surface area contributed by atoms with Crippen LogP contribution in [0.4, 0.5) is 5.82 Å². The summed E-state index contributed by atoms with van der Waals surface area (Å²) in [7, 11) is 0. The maximum absolute atomic E-state index is 6.42. The van der Waals surface area contributed by atoms with Crippen LogP contribution >= 0.6 is 11.6 Å². The van der Waals surface area contributed by atoms with E-state index in [9.17, 15) is 0 Å². The van der Waals surface area contributed by atoms with E-state index in [2.05, 4.69) is 36.2 Å². The zero-order chi connectivity index (χ0) is 21.3. The van der Waals surface area contributed by atoms with Crippen LogP contribution in [0.2, 0.25) is 0 Å². The molecule has 0 aliphatic rings. The summed E-state index contributed by atoms with van der Waals surface area (Å²) >= 11 is 6.42. The number of imidazole rings is 1. The molecule has 3 heterocycles. The fourth-order valence-electron chi connectivity index (χ4n) is 3.40. The van der Waals surface area contributed by atoms with Crippen LogP contribution in [0.15, 0.2) is 71.9 Å². The summed E-state index contributed by atoms with van der Waals surface area (Å²) in [6, 6.07) is 15.9. The Labute approximate surface area is 180 Å². The molecule has 0 spiro atoms. The van der Waals surface area contributed by atoms with E-state index in [1.54, 1.807) is 6.20 Å². The Morgan fingerprint density at radius 3 is 2.43 bits per heavy atom. The molecule has 6 heteroatoms. The number of hydrogen-bond donors (Lipinski definition) is 1. The van der Waals surface area contributed by atoms with Crippen LogP contribution in [-0.4, -0.2) is 19.5 Å². The quantitative estimate of drug-likeness (QED) is 0.420. The van der Waals surface area contributed by atoms with Crippen LogP contribution < -0.4 is 5.73 Å². The summed E-state index contributed by atoms with van der Waals surface area (Å²) in [5.74, 6) is 1.12. The number of aryl methyl sites for hydroxylation is 1. The molecule has 0 aliphatic heterocycles. The van der Waals surface area contributed by atoms with Crippen molar-refractivity contribution in [2.75, 3.05) is 5.73 Å². The van der Waals surface area contributed by atoms with Crippen molar-refractivity contribution >= 4 is 34.2 Å². The van der Waals surface area contributed by atoms with Crippen molar-refractivity contribution in [3.63, 3.8) is 0 Å². The molecule has 2 N–H and O–H groups in total. The molecule has 5 nitrogen and oxygen atoms in total. The first-order valence-corrected chi connectivity index (χ1v) is 10.1. The maximum atomic E-state index is 6.42. The third-order valence-corrected chi connectivity index (χ3v) is 5.37. The highest BCUT2D eigenvalue weighted by molar-refractivity contribution is 6.36. The Balaban J connectivity index is 2.04. The number of hydrogen-bond acceptors (Lipinski definition) is 4. The van der Waals surface area contributed by atoms with Gasteiger partial charge in [-0.05, 0) is 57.2 Å². The van der Waals surface area contributed by atoms with Gasteiger partial charge in [-0.25, -0.2) is 15.0 Å². The molecule has 0 fully saturated rings. The summed E-state index contributed by atoms with van der Waals surface area (Å²) in [5.41, 5.74) is 12.2. The highest BCUT2D eigenvalue weighted by atomic mass is 35.5. The van der Waals surface area contributed by atoms with Crippen molar-refractivity contribution in [3.8, 4) is 17.1 Å². The normalized spacial score (nSPS) is 12.5. The number of rotatable bonds is 4. The third kappa shape index (κ3) is 3.48. The van der Waals surface area contributed by atoms with Gasteiger partial charge < -0.3 is 5.73 Å².